The minimum Gasteiger partial charge on any atom is -0.486 e. The predicted octanol–water partition coefficient (Wildman–Crippen LogP) is 3.20. The van der Waals surface area contributed by atoms with Crippen LogP contribution in [0.4, 0.5) is 5.95 Å². The van der Waals surface area contributed by atoms with E-state index in [1.54, 1.807) is 30.6 Å². The Hall–Kier alpha value is -1.56. The SMILES string of the molecule is Clc1cccc(Cl)c1COc1cnc(N2CCOCC2)nc1. The molecule has 22 heavy (non-hydrogen) atoms. The average Bonchev–Trinajstić information content (AvgIpc) is 2.56. The van der Waals surface area contributed by atoms with Crippen LogP contribution in [-0.2, 0) is 11.3 Å². The van der Waals surface area contributed by atoms with Gasteiger partial charge in [-0.3, -0.25) is 0 Å². The van der Waals surface area contributed by atoms with Crippen LogP contribution >= 0.6 is 23.2 Å². The molecule has 1 saturated heterocycles. The van der Waals surface area contributed by atoms with Crippen LogP contribution in [0.3, 0.4) is 0 Å². The van der Waals surface area contributed by atoms with Gasteiger partial charge in [0.2, 0.25) is 5.95 Å². The van der Waals surface area contributed by atoms with Crippen LogP contribution in [0.5, 0.6) is 5.75 Å². The number of aromatic nitrogens is 2. The quantitative estimate of drug-likeness (QED) is 0.855. The molecular weight excluding hydrogens is 325 g/mol. The second kappa shape index (κ2) is 7.13. The molecule has 1 aliphatic heterocycles. The van der Waals surface area contributed by atoms with Crippen LogP contribution in [0, 0.1) is 0 Å². The molecule has 0 bridgehead atoms. The third-order valence-corrected chi connectivity index (χ3v) is 4.06. The molecule has 0 amide bonds. The number of hydrogen-bond acceptors (Lipinski definition) is 5. The van der Waals surface area contributed by atoms with Crippen LogP contribution in [0.1, 0.15) is 5.56 Å². The van der Waals surface area contributed by atoms with Gasteiger partial charge in [0.1, 0.15) is 6.61 Å². The molecule has 0 radical (unpaired) electrons. The zero-order chi connectivity index (χ0) is 15.4. The van der Waals surface area contributed by atoms with Crippen LogP contribution in [0.2, 0.25) is 10.0 Å². The van der Waals surface area contributed by atoms with Crippen molar-refractivity contribution in [3.05, 3.63) is 46.2 Å². The zero-order valence-electron chi connectivity index (χ0n) is 11.8. The highest BCUT2D eigenvalue weighted by atomic mass is 35.5. The normalized spacial score (nSPS) is 14.9. The lowest BCUT2D eigenvalue weighted by Gasteiger charge is -2.26. The Morgan fingerprint density at radius 1 is 1.09 bits per heavy atom. The van der Waals surface area contributed by atoms with Crippen molar-refractivity contribution in [1.29, 1.82) is 0 Å². The lowest BCUT2D eigenvalue weighted by atomic mass is 10.2. The molecular formula is C15H15Cl2N3O2. The van der Waals surface area contributed by atoms with Crippen molar-refractivity contribution in [3.8, 4) is 5.75 Å². The lowest BCUT2D eigenvalue weighted by Crippen LogP contribution is -2.37. The summed E-state index contributed by atoms with van der Waals surface area (Å²) < 4.78 is 11.0. The summed E-state index contributed by atoms with van der Waals surface area (Å²) >= 11 is 12.2. The van der Waals surface area contributed by atoms with Gasteiger partial charge < -0.3 is 14.4 Å². The monoisotopic (exact) mass is 339 g/mol. The molecule has 116 valence electrons. The van der Waals surface area contributed by atoms with Crippen molar-refractivity contribution in [2.45, 2.75) is 6.61 Å². The molecule has 1 aromatic carbocycles. The standard InChI is InChI=1S/C15H15Cl2N3O2/c16-13-2-1-3-14(17)12(13)10-22-11-8-18-15(19-9-11)20-4-6-21-7-5-20/h1-3,8-9H,4-7,10H2. The Bertz CT molecular complexity index is 611. The summed E-state index contributed by atoms with van der Waals surface area (Å²) in [6.07, 6.45) is 3.31. The van der Waals surface area contributed by atoms with E-state index in [2.05, 4.69) is 14.9 Å². The summed E-state index contributed by atoms with van der Waals surface area (Å²) in [5.74, 6) is 1.26. The summed E-state index contributed by atoms with van der Waals surface area (Å²) in [7, 11) is 0. The molecule has 1 fully saturated rings. The predicted molar refractivity (Wildman–Crippen MR) is 85.9 cm³/mol. The number of anilines is 1. The van der Waals surface area contributed by atoms with Crippen LogP contribution in [0.25, 0.3) is 0 Å². The number of rotatable bonds is 4. The third kappa shape index (κ3) is 3.61. The van der Waals surface area contributed by atoms with Crippen molar-refractivity contribution >= 4 is 29.2 Å². The van der Waals surface area contributed by atoms with Crippen molar-refractivity contribution in [2.75, 3.05) is 31.2 Å². The minimum absolute atomic E-state index is 0.277. The Morgan fingerprint density at radius 3 is 2.36 bits per heavy atom. The van der Waals surface area contributed by atoms with Crippen molar-refractivity contribution in [3.63, 3.8) is 0 Å². The summed E-state index contributed by atoms with van der Waals surface area (Å²) in [4.78, 5) is 10.7. The van der Waals surface area contributed by atoms with E-state index < -0.39 is 0 Å². The molecule has 0 N–H and O–H groups in total. The Balaban J connectivity index is 1.64. The smallest absolute Gasteiger partial charge is 0.225 e. The molecule has 0 atom stereocenters. The van der Waals surface area contributed by atoms with E-state index in [4.69, 9.17) is 32.7 Å². The molecule has 1 aliphatic rings. The first kappa shape index (κ1) is 15.3. The van der Waals surface area contributed by atoms with E-state index in [9.17, 15) is 0 Å². The Labute approximate surface area is 138 Å². The molecule has 5 nitrogen and oxygen atoms in total. The maximum Gasteiger partial charge on any atom is 0.225 e. The van der Waals surface area contributed by atoms with Gasteiger partial charge in [0, 0.05) is 28.7 Å². The minimum atomic E-state index is 0.277. The molecule has 1 aromatic heterocycles. The highest BCUT2D eigenvalue weighted by Crippen LogP contribution is 2.25. The topological polar surface area (TPSA) is 47.5 Å². The maximum absolute atomic E-state index is 6.11. The van der Waals surface area contributed by atoms with E-state index in [0.29, 0.717) is 35.0 Å². The summed E-state index contributed by atoms with van der Waals surface area (Å²) in [6.45, 7) is 3.28. The van der Waals surface area contributed by atoms with Gasteiger partial charge in [-0.15, -0.1) is 0 Å². The number of morpholine rings is 1. The first-order valence-electron chi connectivity index (χ1n) is 6.94. The maximum atomic E-state index is 6.11. The highest BCUT2D eigenvalue weighted by Gasteiger charge is 2.13. The van der Waals surface area contributed by atoms with Crippen molar-refractivity contribution in [2.24, 2.45) is 0 Å². The first-order valence-corrected chi connectivity index (χ1v) is 7.70. The number of halogens is 2. The average molecular weight is 340 g/mol. The van der Waals surface area contributed by atoms with Gasteiger partial charge in [0.25, 0.3) is 0 Å². The largest absolute Gasteiger partial charge is 0.486 e. The van der Waals surface area contributed by atoms with Gasteiger partial charge in [-0.2, -0.15) is 0 Å². The van der Waals surface area contributed by atoms with Gasteiger partial charge in [-0.25, -0.2) is 9.97 Å². The molecule has 0 spiro atoms. The highest BCUT2D eigenvalue weighted by molar-refractivity contribution is 6.35. The molecule has 7 heteroatoms. The van der Waals surface area contributed by atoms with Crippen molar-refractivity contribution in [1.82, 2.24) is 9.97 Å². The van der Waals surface area contributed by atoms with Gasteiger partial charge in [0.05, 0.1) is 25.6 Å². The fourth-order valence-corrected chi connectivity index (χ4v) is 2.64. The lowest BCUT2D eigenvalue weighted by molar-refractivity contribution is 0.122. The van der Waals surface area contributed by atoms with E-state index in [1.807, 2.05) is 0 Å². The fourth-order valence-electron chi connectivity index (χ4n) is 2.14. The van der Waals surface area contributed by atoms with Crippen LogP contribution in [0.15, 0.2) is 30.6 Å². The summed E-state index contributed by atoms with van der Waals surface area (Å²) in [5.41, 5.74) is 0.753. The number of nitrogens with zero attached hydrogens (tertiary/aromatic N) is 3. The Kier molecular flexibility index (Phi) is 4.97. The van der Waals surface area contributed by atoms with E-state index >= 15 is 0 Å². The molecule has 2 heterocycles. The van der Waals surface area contributed by atoms with Gasteiger partial charge in [0.15, 0.2) is 5.75 Å². The number of ether oxygens (including phenoxy) is 2. The molecule has 0 unspecified atom stereocenters. The number of hydrogen-bond donors (Lipinski definition) is 0. The fraction of sp³-hybridized carbons (Fsp3) is 0.333. The van der Waals surface area contributed by atoms with E-state index in [-0.39, 0.29) is 6.61 Å². The van der Waals surface area contributed by atoms with Gasteiger partial charge in [-0.05, 0) is 12.1 Å². The second-order valence-corrected chi connectivity index (χ2v) is 5.62. The molecule has 0 saturated carbocycles. The third-order valence-electron chi connectivity index (χ3n) is 3.35. The second-order valence-electron chi connectivity index (χ2n) is 4.81. The summed E-state index contributed by atoms with van der Waals surface area (Å²) in [6, 6.07) is 5.36. The van der Waals surface area contributed by atoms with Gasteiger partial charge >= 0.3 is 0 Å². The molecule has 0 aliphatic carbocycles. The van der Waals surface area contributed by atoms with Gasteiger partial charge in [-0.1, -0.05) is 29.3 Å². The zero-order valence-corrected chi connectivity index (χ0v) is 13.3. The summed E-state index contributed by atoms with van der Waals surface area (Å²) in [5, 5.41) is 1.16. The van der Waals surface area contributed by atoms with E-state index in [0.717, 1.165) is 18.7 Å². The number of benzene rings is 1. The molecule has 3 rings (SSSR count). The molecule has 2 aromatic rings. The van der Waals surface area contributed by atoms with E-state index in [1.165, 1.54) is 0 Å². The Morgan fingerprint density at radius 2 is 1.73 bits per heavy atom. The van der Waals surface area contributed by atoms with Crippen molar-refractivity contribution < 1.29 is 9.47 Å². The first-order chi connectivity index (χ1) is 10.7. The van der Waals surface area contributed by atoms with Crippen LogP contribution in [-0.4, -0.2) is 36.3 Å². The van der Waals surface area contributed by atoms with Crippen LogP contribution < -0.4 is 9.64 Å².